The first kappa shape index (κ1) is 33.8. The maximum Gasteiger partial charge on any atom is 0.356 e. The van der Waals surface area contributed by atoms with Crippen LogP contribution in [0.25, 0.3) is 0 Å². The number of β-lactam (4-membered cyclic amide) rings is 1. The molecule has 0 saturated carbocycles. The van der Waals surface area contributed by atoms with E-state index in [9.17, 15) is 19.2 Å². The third kappa shape index (κ3) is 7.13. The van der Waals surface area contributed by atoms with E-state index in [4.69, 9.17) is 9.73 Å². The number of nitrogens with zero attached hydrogens (tertiary/aromatic N) is 4. The summed E-state index contributed by atoms with van der Waals surface area (Å²) in [5, 5.41) is 6.43. The largest absolute Gasteiger partial charge is 0.448 e. The van der Waals surface area contributed by atoms with Crippen molar-refractivity contribution in [2.45, 2.75) is 37.4 Å². The summed E-state index contributed by atoms with van der Waals surface area (Å²) in [6, 6.07) is 31.5. The van der Waals surface area contributed by atoms with Crippen molar-refractivity contribution in [1.82, 2.24) is 19.6 Å². The van der Waals surface area contributed by atoms with Crippen molar-refractivity contribution >= 4 is 63.8 Å². The molecule has 4 heterocycles. The Balaban J connectivity index is 1.18. The van der Waals surface area contributed by atoms with Crippen molar-refractivity contribution in [1.29, 1.82) is 0 Å². The number of carbonyl (C=O) groups is 4. The molecule has 3 aliphatic heterocycles. The molecular formula is C37H33N5O5S3. The maximum absolute atomic E-state index is 14.5. The predicted octanol–water partition coefficient (Wildman–Crippen LogP) is 5.56. The second-order valence-electron chi connectivity index (χ2n) is 11.8. The van der Waals surface area contributed by atoms with Gasteiger partial charge in [0, 0.05) is 35.1 Å². The van der Waals surface area contributed by atoms with Crippen molar-refractivity contribution in [3.63, 3.8) is 0 Å². The number of hydrazine groups is 1. The van der Waals surface area contributed by atoms with Gasteiger partial charge in [0.2, 0.25) is 11.8 Å². The van der Waals surface area contributed by atoms with Crippen molar-refractivity contribution in [2.24, 2.45) is 4.99 Å². The molecule has 0 radical (unpaired) electrons. The summed E-state index contributed by atoms with van der Waals surface area (Å²) in [5.74, 6) is -1.13. The Morgan fingerprint density at radius 1 is 0.940 bits per heavy atom. The summed E-state index contributed by atoms with van der Waals surface area (Å²) in [6.45, 7) is 2.03. The topological polar surface area (TPSA) is 112 Å². The summed E-state index contributed by atoms with van der Waals surface area (Å²) in [7, 11) is 0. The number of thioether (sulfide) groups is 1. The van der Waals surface area contributed by atoms with Crippen LogP contribution in [-0.2, 0) is 36.9 Å². The first-order valence-electron chi connectivity index (χ1n) is 16.0. The summed E-state index contributed by atoms with van der Waals surface area (Å²) in [4.78, 5) is 61.1. The summed E-state index contributed by atoms with van der Waals surface area (Å²) in [5.41, 5.74) is 3.17. The molecule has 0 spiro atoms. The van der Waals surface area contributed by atoms with Gasteiger partial charge in [-0.15, -0.1) is 27.5 Å². The molecule has 1 saturated heterocycles. The van der Waals surface area contributed by atoms with Crippen molar-refractivity contribution < 1.29 is 23.9 Å². The fourth-order valence-electron chi connectivity index (χ4n) is 5.98. The Bertz CT molecular complexity index is 1900. The first-order chi connectivity index (χ1) is 24.4. The summed E-state index contributed by atoms with van der Waals surface area (Å²) >= 11 is 4.18. The fraction of sp³-hybridized carbons (Fsp3) is 0.216. The Morgan fingerprint density at radius 2 is 1.60 bits per heavy atom. The number of aliphatic imine (C=N–C) groups is 1. The van der Waals surface area contributed by atoms with Crippen LogP contribution in [0.2, 0.25) is 0 Å². The number of benzene rings is 3. The Labute approximate surface area is 302 Å². The van der Waals surface area contributed by atoms with Gasteiger partial charge in [0.25, 0.3) is 5.91 Å². The molecule has 50 heavy (non-hydrogen) atoms. The lowest BCUT2D eigenvalue weighted by molar-refractivity contribution is -0.154. The average Bonchev–Trinajstić information content (AvgIpc) is 3.85. The molecule has 0 aliphatic carbocycles. The maximum atomic E-state index is 14.5. The number of fused-ring (bicyclic) bond motifs is 1. The Hall–Kier alpha value is -4.69. The lowest BCUT2D eigenvalue weighted by atomic mass is 10.0. The Kier molecular flexibility index (Phi) is 10.2. The molecule has 2 atom stereocenters. The van der Waals surface area contributed by atoms with E-state index in [2.05, 4.69) is 5.32 Å². The van der Waals surface area contributed by atoms with Crippen LogP contribution >= 0.6 is 35.0 Å². The van der Waals surface area contributed by atoms with Crippen LogP contribution < -0.4 is 5.32 Å². The number of hydrogen-bond acceptors (Lipinski definition) is 10. The quantitative estimate of drug-likeness (QED) is 0.122. The molecule has 254 valence electrons. The molecule has 1 aromatic heterocycles. The van der Waals surface area contributed by atoms with Gasteiger partial charge in [-0.05, 0) is 28.1 Å². The minimum Gasteiger partial charge on any atom is -0.448 e. The van der Waals surface area contributed by atoms with Gasteiger partial charge >= 0.3 is 5.97 Å². The third-order valence-electron chi connectivity index (χ3n) is 8.42. The van der Waals surface area contributed by atoms with Crippen molar-refractivity contribution in [2.75, 3.05) is 12.4 Å². The summed E-state index contributed by atoms with van der Waals surface area (Å²) in [6.07, 6.45) is -0.568. The van der Waals surface area contributed by atoms with Gasteiger partial charge in [0.05, 0.1) is 13.0 Å². The smallest absolute Gasteiger partial charge is 0.356 e. The number of esters is 1. The number of thiophene rings is 1. The second kappa shape index (κ2) is 15.1. The third-order valence-corrected chi connectivity index (χ3v) is 11.6. The lowest BCUT2D eigenvalue weighted by Gasteiger charge is -2.49. The summed E-state index contributed by atoms with van der Waals surface area (Å²) < 4.78 is 8.07. The molecule has 0 bridgehead atoms. The van der Waals surface area contributed by atoms with E-state index in [-0.39, 0.29) is 30.6 Å². The van der Waals surface area contributed by atoms with E-state index < -0.39 is 29.4 Å². The number of amides is 3. The predicted molar refractivity (Wildman–Crippen MR) is 195 cm³/mol. The van der Waals surface area contributed by atoms with Gasteiger partial charge in [-0.3, -0.25) is 29.3 Å². The van der Waals surface area contributed by atoms with Crippen LogP contribution in [0.15, 0.2) is 125 Å². The first-order valence-corrected chi connectivity index (χ1v) is 18.7. The number of hydrogen-bond donors (Lipinski definition) is 1. The number of nitrogens with one attached hydrogen (secondary N) is 1. The molecule has 1 N–H and O–H groups in total. The van der Waals surface area contributed by atoms with E-state index in [1.807, 2.05) is 109 Å². The van der Waals surface area contributed by atoms with Crippen LogP contribution in [0.3, 0.4) is 0 Å². The van der Waals surface area contributed by atoms with E-state index in [1.165, 1.54) is 46.9 Å². The highest BCUT2D eigenvalue weighted by Gasteiger charge is 2.55. The minimum absolute atomic E-state index is 0.102. The van der Waals surface area contributed by atoms with E-state index in [0.29, 0.717) is 22.9 Å². The van der Waals surface area contributed by atoms with Gasteiger partial charge < -0.3 is 10.1 Å². The molecule has 3 aromatic carbocycles. The van der Waals surface area contributed by atoms with Crippen molar-refractivity contribution in [3.05, 3.63) is 141 Å². The van der Waals surface area contributed by atoms with E-state index >= 15 is 0 Å². The highest BCUT2D eigenvalue weighted by Crippen LogP contribution is 2.44. The molecule has 1 fully saturated rings. The average molecular weight is 724 g/mol. The zero-order chi connectivity index (χ0) is 34.6. The van der Waals surface area contributed by atoms with E-state index in [0.717, 1.165) is 21.6 Å². The zero-order valence-electron chi connectivity index (χ0n) is 27.0. The SMILES string of the molecule is CC(=O)N(Cc1ccccc1)N1CN=C(C2=C(C(=O)OC(c3ccccc3)c3ccccc3)N3C(=O)C(NC(=O)Cc4cccs4)[C@@H]3SC2)S1. The zero-order valence-corrected chi connectivity index (χ0v) is 29.5. The highest BCUT2D eigenvalue weighted by molar-refractivity contribution is 8.12. The molecule has 10 nitrogen and oxygen atoms in total. The van der Waals surface area contributed by atoms with Gasteiger partial charge in [-0.1, -0.05) is 97.1 Å². The van der Waals surface area contributed by atoms with Crippen LogP contribution in [0.4, 0.5) is 0 Å². The molecule has 4 aromatic rings. The van der Waals surface area contributed by atoms with Crippen molar-refractivity contribution in [3.8, 4) is 0 Å². The molecular weight excluding hydrogens is 691 g/mol. The van der Waals surface area contributed by atoms with Crippen LogP contribution in [0.5, 0.6) is 0 Å². The molecule has 3 aliphatic rings. The monoisotopic (exact) mass is 723 g/mol. The normalized spacial score (nSPS) is 18.7. The Morgan fingerprint density at radius 3 is 2.22 bits per heavy atom. The number of rotatable bonds is 11. The van der Waals surface area contributed by atoms with Crippen LogP contribution in [0.1, 0.15) is 34.6 Å². The second-order valence-corrected chi connectivity index (χ2v) is 14.9. The van der Waals surface area contributed by atoms with Crippen LogP contribution in [-0.4, -0.2) is 66.9 Å². The van der Waals surface area contributed by atoms with Gasteiger partial charge in [0.15, 0.2) is 6.10 Å². The van der Waals surface area contributed by atoms with Gasteiger partial charge in [-0.25, -0.2) is 4.79 Å². The highest BCUT2D eigenvalue weighted by atomic mass is 32.2. The standard InChI is InChI=1S/C37H33N5O5S3/c1-24(43)40(21-25-12-5-2-6-13-25)41-23-38-34(50-41)29-22-49-36-31(39-30(44)20-28-18-11-19-48-28)35(45)42(36)32(29)37(46)47-33(26-14-7-3-8-15-26)27-16-9-4-10-17-27/h2-19,31,33,36H,20-23H2,1H3,(H,39,44)/t31?,36-/m0/s1. The minimum atomic E-state index is -0.787. The van der Waals surface area contributed by atoms with Gasteiger partial charge in [-0.2, -0.15) is 0 Å². The fourth-order valence-corrected chi connectivity index (χ4v) is 9.10. The molecule has 13 heteroatoms. The lowest BCUT2D eigenvalue weighted by Crippen LogP contribution is -2.70. The molecule has 3 amide bonds. The number of carbonyl (C=O) groups excluding carboxylic acids is 4. The van der Waals surface area contributed by atoms with Gasteiger partial charge in [0.1, 0.15) is 28.8 Å². The molecule has 7 rings (SSSR count). The van der Waals surface area contributed by atoms with E-state index in [1.54, 1.807) is 9.42 Å². The molecule has 1 unspecified atom stereocenters. The number of ether oxygens (including phenoxy) is 1. The van der Waals surface area contributed by atoms with Crippen LogP contribution in [0, 0.1) is 0 Å².